The number of guanidine groups is 1. The minimum atomic E-state index is 0.143. The van der Waals surface area contributed by atoms with Crippen molar-refractivity contribution < 1.29 is 5.11 Å². The van der Waals surface area contributed by atoms with Gasteiger partial charge in [0.15, 0.2) is 5.96 Å². The zero-order chi connectivity index (χ0) is 16.4. The number of hydrogen-bond acceptors (Lipinski definition) is 3. The van der Waals surface area contributed by atoms with E-state index in [9.17, 15) is 5.11 Å². The molecule has 3 N–H and O–H groups in total. The second-order valence-corrected chi connectivity index (χ2v) is 6.76. The average molecular weight is 326 g/mol. The standard InChI is InChI=1S/C17H31N3OS/c1-5-17(6-2,9-10-21)13-20-16(18-7-3)19-12-15-14(4)8-11-22-15/h8,11,21H,5-7,9-10,12-13H2,1-4H3,(H2,18,19,20). The summed E-state index contributed by atoms with van der Waals surface area (Å²) in [6.07, 6.45) is 2.94. The summed E-state index contributed by atoms with van der Waals surface area (Å²) in [7, 11) is 0. The van der Waals surface area contributed by atoms with Gasteiger partial charge < -0.3 is 15.7 Å². The van der Waals surface area contributed by atoms with E-state index >= 15 is 0 Å². The van der Waals surface area contributed by atoms with Crippen LogP contribution in [0.4, 0.5) is 0 Å². The summed E-state index contributed by atoms with van der Waals surface area (Å²) in [5.41, 5.74) is 1.45. The number of aliphatic hydroxyl groups is 1. The lowest BCUT2D eigenvalue weighted by Gasteiger charge is -2.32. The van der Waals surface area contributed by atoms with Crippen LogP contribution in [0.5, 0.6) is 0 Å². The molecule has 1 rings (SSSR count). The molecule has 0 saturated heterocycles. The molecule has 0 atom stereocenters. The van der Waals surface area contributed by atoms with Crippen molar-refractivity contribution in [3.8, 4) is 0 Å². The van der Waals surface area contributed by atoms with Gasteiger partial charge in [-0.2, -0.15) is 0 Å². The Morgan fingerprint density at radius 2 is 2.00 bits per heavy atom. The zero-order valence-electron chi connectivity index (χ0n) is 14.4. The molecule has 5 heteroatoms. The molecule has 0 aliphatic heterocycles. The van der Waals surface area contributed by atoms with E-state index in [1.165, 1.54) is 10.4 Å². The van der Waals surface area contributed by atoms with E-state index in [2.05, 4.69) is 49.8 Å². The molecule has 1 heterocycles. The van der Waals surface area contributed by atoms with Crippen LogP contribution in [0.15, 0.2) is 16.4 Å². The van der Waals surface area contributed by atoms with Crippen molar-refractivity contribution in [3.63, 3.8) is 0 Å². The molecule has 0 aliphatic rings. The first-order valence-corrected chi connectivity index (χ1v) is 9.14. The van der Waals surface area contributed by atoms with E-state index in [0.29, 0.717) is 6.54 Å². The summed E-state index contributed by atoms with van der Waals surface area (Å²) < 4.78 is 0. The first-order chi connectivity index (χ1) is 10.6. The van der Waals surface area contributed by atoms with E-state index in [0.717, 1.165) is 38.3 Å². The molecule has 0 unspecified atom stereocenters. The van der Waals surface area contributed by atoms with Gasteiger partial charge in [0.25, 0.3) is 0 Å². The van der Waals surface area contributed by atoms with E-state index in [1.54, 1.807) is 11.3 Å². The minimum Gasteiger partial charge on any atom is -0.396 e. The van der Waals surface area contributed by atoms with Crippen LogP contribution in [0.3, 0.4) is 0 Å². The summed E-state index contributed by atoms with van der Waals surface area (Å²) in [5.74, 6) is 0.861. The quantitative estimate of drug-likeness (QED) is 0.482. The molecular formula is C17H31N3OS. The lowest BCUT2D eigenvalue weighted by molar-refractivity contribution is 0.169. The number of aryl methyl sites for hydroxylation is 1. The summed E-state index contributed by atoms with van der Waals surface area (Å²) in [5, 5.41) is 18.2. The lowest BCUT2D eigenvalue weighted by atomic mass is 9.79. The fraction of sp³-hybridized carbons (Fsp3) is 0.706. The first kappa shape index (κ1) is 19.0. The normalized spacial score (nSPS) is 12.5. The van der Waals surface area contributed by atoms with E-state index in [4.69, 9.17) is 4.99 Å². The van der Waals surface area contributed by atoms with Crippen LogP contribution in [0.25, 0.3) is 0 Å². The van der Waals surface area contributed by atoms with Crippen molar-refractivity contribution in [1.29, 1.82) is 0 Å². The summed E-state index contributed by atoms with van der Waals surface area (Å²) in [6.45, 7) is 11.2. The second kappa shape index (κ2) is 9.85. The Balaban J connectivity index is 2.68. The Hall–Kier alpha value is -1.07. The number of aliphatic hydroxyl groups excluding tert-OH is 1. The third-order valence-corrected chi connectivity index (χ3v) is 5.47. The fourth-order valence-electron chi connectivity index (χ4n) is 2.51. The number of rotatable bonds is 9. The highest BCUT2D eigenvalue weighted by molar-refractivity contribution is 7.10. The van der Waals surface area contributed by atoms with Crippen LogP contribution in [0.1, 0.15) is 50.5 Å². The molecule has 0 radical (unpaired) electrons. The third kappa shape index (κ3) is 5.61. The number of nitrogens with zero attached hydrogens (tertiary/aromatic N) is 1. The summed E-state index contributed by atoms with van der Waals surface area (Å²) >= 11 is 1.75. The monoisotopic (exact) mass is 325 g/mol. The highest BCUT2D eigenvalue weighted by Gasteiger charge is 2.25. The zero-order valence-corrected chi connectivity index (χ0v) is 15.2. The molecule has 0 aromatic carbocycles. The van der Waals surface area contributed by atoms with Crippen molar-refractivity contribution >= 4 is 17.3 Å². The summed E-state index contributed by atoms with van der Waals surface area (Å²) in [4.78, 5) is 6.00. The topological polar surface area (TPSA) is 56.7 Å². The molecule has 4 nitrogen and oxygen atoms in total. The van der Waals surface area contributed by atoms with Crippen LogP contribution < -0.4 is 10.6 Å². The lowest BCUT2D eigenvalue weighted by Crippen LogP contribution is -2.43. The third-order valence-electron chi connectivity index (χ3n) is 4.47. The predicted octanol–water partition coefficient (Wildman–Crippen LogP) is 3.30. The SMILES string of the molecule is CCNC(=NCc1sccc1C)NCC(CC)(CC)CCO. The van der Waals surface area contributed by atoms with Gasteiger partial charge in [-0.15, -0.1) is 11.3 Å². The van der Waals surface area contributed by atoms with Crippen LogP contribution in [0, 0.1) is 12.3 Å². The maximum Gasteiger partial charge on any atom is 0.191 e. The molecule has 126 valence electrons. The van der Waals surface area contributed by atoms with Crippen molar-refractivity contribution in [2.24, 2.45) is 10.4 Å². The molecule has 1 aromatic rings. The molecular weight excluding hydrogens is 294 g/mol. The van der Waals surface area contributed by atoms with Gasteiger partial charge in [-0.25, -0.2) is 4.99 Å². The maximum absolute atomic E-state index is 9.32. The molecule has 0 fully saturated rings. The number of thiophene rings is 1. The van der Waals surface area contributed by atoms with Gasteiger partial charge in [-0.1, -0.05) is 13.8 Å². The fourth-order valence-corrected chi connectivity index (χ4v) is 3.34. The molecule has 0 saturated carbocycles. The van der Waals surface area contributed by atoms with Crippen LogP contribution in [0.2, 0.25) is 0 Å². The van der Waals surface area contributed by atoms with Crippen molar-refractivity contribution in [2.45, 2.75) is 53.5 Å². The first-order valence-electron chi connectivity index (χ1n) is 8.26. The Morgan fingerprint density at radius 3 is 2.50 bits per heavy atom. The summed E-state index contributed by atoms with van der Waals surface area (Å²) in [6, 6.07) is 2.14. The molecule has 1 aromatic heterocycles. The van der Waals surface area contributed by atoms with Crippen LogP contribution in [-0.2, 0) is 6.54 Å². The van der Waals surface area contributed by atoms with Crippen molar-refractivity contribution in [3.05, 3.63) is 21.9 Å². The maximum atomic E-state index is 9.32. The van der Waals surface area contributed by atoms with Gasteiger partial charge in [0, 0.05) is 24.6 Å². The molecule has 22 heavy (non-hydrogen) atoms. The number of aliphatic imine (C=N–C) groups is 1. The molecule has 0 aliphatic carbocycles. The Bertz CT molecular complexity index is 453. The van der Waals surface area contributed by atoms with Gasteiger partial charge in [0.1, 0.15) is 0 Å². The van der Waals surface area contributed by atoms with Gasteiger partial charge in [-0.3, -0.25) is 0 Å². The van der Waals surface area contributed by atoms with Gasteiger partial charge in [-0.05, 0) is 55.5 Å². The molecule has 0 bridgehead atoms. The highest BCUT2D eigenvalue weighted by atomic mass is 32.1. The molecule has 0 spiro atoms. The van der Waals surface area contributed by atoms with Gasteiger partial charge in [0.2, 0.25) is 0 Å². The highest BCUT2D eigenvalue weighted by Crippen LogP contribution is 2.29. The van der Waals surface area contributed by atoms with E-state index < -0.39 is 0 Å². The Morgan fingerprint density at radius 1 is 1.27 bits per heavy atom. The van der Waals surface area contributed by atoms with Gasteiger partial charge in [0.05, 0.1) is 6.54 Å². The molecule has 0 amide bonds. The van der Waals surface area contributed by atoms with E-state index in [1.807, 2.05) is 0 Å². The number of hydrogen-bond donors (Lipinski definition) is 3. The smallest absolute Gasteiger partial charge is 0.191 e. The van der Waals surface area contributed by atoms with Crippen LogP contribution >= 0.6 is 11.3 Å². The minimum absolute atomic E-state index is 0.143. The van der Waals surface area contributed by atoms with E-state index in [-0.39, 0.29) is 12.0 Å². The second-order valence-electron chi connectivity index (χ2n) is 5.76. The van der Waals surface area contributed by atoms with Crippen molar-refractivity contribution in [1.82, 2.24) is 10.6 Å². The average Bonchev–Trinajstić information content (AvgIpc) is 2.94. The number of nitrogens with one attached hydrogen (secondary N) is 2. The Kier molecular flexibility index (Phi) is 8.49. The van der Waals surface area contributed by atoms with Crippen molar-refractivity contribution in [2.75, 3.05) is 19.7 Å². The van der Waals surface area contributed by atoms with Crippen LogP contribution in [-0.4, -0.2) is 30.8 Å². The Labute approximate surface area is 139 Å². The largest absolute Gasteiger partial charge is 0.396 e. The predicted molar refractivity (Wildman–Crippen MR) is 96.6 cm³/mol. The van der Waals surface area contributed by atoms with Gasteiger partial charge >= 0.3 is 0 Å².